The number of aliphatic carboxylic acids is 1. The van der Waals surface area contributed by atoms with Gasteiger partial charge in [-0.3, -0.25) is 9.59 Å². The van der Waals surface area contributed by atoms with Crippen LogP contribution in [0.5, 0.6) is 0 Å². The minimum absolute atomic E-state index is 0.145. The molecule has 1 aromatic rings. The van der Waals surface area contributed by atoms with Crippen molar-refractivity contribution in [1.82, 2.24) is 0 Å². The summed E-state index contributed by atoms with van der Waals surface area (Å²) in [5.41, 5.74) is 5.66. The van der Waals surface area contributed by atoms with Crippen LogP contribution in [0.3, 0.4) is 0 Å². The Hall–Kier alpha value is -1.95. The highest BCUT2D eigenvalue weighted by Crippen LogP contribution is 2.09. The molecule has 1 rings (SSSR count). The molecule has 124 valence electrons. The first-order valence-electron chi connectivity index (χ1n) is 6.91. The molecule has 0 fully saturated rings. The number of nitrogens with two attached hydrogens (primary N) is 1. The molecule has 6 heteroatoms. The second-order valence-electron chi connectivity index (χ2n) is 5.86. The summed E-state index contributed by atoms with van der Waals surface area (Å²) in [4.78, 5) is 20.5. The van der Waals surface area contributed by atoms with E-state index >= 15 is 0 Å². The van der Waals surface area contributed by atoms with Crippen LogP contribution in [-0.4, -0.2) is 28.7 Å². The van der Waals surface area contributed by atoms with Crippen LogP contribution < -0.4 is 5.73 Å². The van der Waals surface area contributed by atoms with Crippen LogP contribution in [0.4, 0.5) is 4.39 Å². The summed E-state index contributed by atoms with van der Waals surface area (Å²) < 4.78 is 17.9. The monoisotopic (exact) mass is 313 g/mol. The van der Waals surface area contributed by atoms with Gasteiger partial charge in [0.15, 0.2) is 0 Å². The van der Waals surface area contributed by atoms with E-state index in [1.807, 2.05) is 20.8 Å². The molecule has 0 radical (unpaired) electrons. The average molecular weight is 313 g/mol. The maximum Gasteiger partial charge on any atom is 0.304 e. The number of esters is 1. The fourth-order valence-electron chi connectivity index (χ4n) is 1.67. The molecule has 3 N–H and O–H groups in total. The van der Waals surface area contributed by atoms with Crippen LogP contribution in [0.15, 0.2) is 24.3 Å². The number of carboxylic acid groups (broad SMARTS) is 1. The Morgan fingerprint density at radius 3 is 2.23 bits per heavy atom. The van der Waals surface area contributed by atoms with Crippen molar-refractivity contribution in [3.8, 4) is 0 Å². The highest BCUT2D eigenvalue weighted by molar-refractivity contribution is 5.67. The van der Waals surface area contributed by atoms with Crippen molar-refractivity contribution in [2.75, 3.05) is 0 Å². The van der Waals surface area contributed by atoms with Gasteiger partial charge in [-0.25, -0.2) is 4.39 Å². The normalized spacial score (nSPS) is 11.9. The third-order valence-electron chi connectivity index (χ3n) is 2.33. The number of carboxylic acids is 1. The first kappa shape index (κ1) is 20.1. The third-order valence-corrected chi connectivity index (χ3v) is 2.33. The quantitative estimate of drug-likeness (QED) is 0.834. The van der Waals surface area contributed by atoms with Gasteiger partial charge >= 0.3 is 11.9 Å². The Labute approximate surface area is 130 Å². The fraction of sp³-hybridized carbons (Fsp3) is 0.500. The third kappa shape index (κ3) is 10.8. The van der Waals surface area contributed by atoms with Gasteiger partial charge in [0.1, 0.15) is 11.4 Å². The molecule has 0 bridgehead atoms. The standard InChI is InChI=1S/C10H12FNO2.C6H12O2/c11-9-4-2-1-3-7(9)5-8(12)6-10(13)14;1-5(7)8-6(2,3)4/h1-4,8H,5-6,12H2,(H,13,14);1-4H3. The second kappa shape index (κ2) is 9.15. The van der Waals surface area contributed by atoms with Crippen LogP contribution in [0, 0.1) is 5.82 Å². The number of hydrogen-bond acceptors (Lipinski definition) is 4. The molecule has 1 aromatic carbocycles. The van der Waals surface area contributed by atoms with Crippen LogP contribution in [0.2, 0.25) is 0 Å². The van der Waals surface area contributed by atoms with Gasteiger partial charge in [-0.1, -0.05) is 18.2 Å². The Kier molecular flexibility index (Phi) is 8.34. The number of hydrogen-bond donors (Lipinski definition) is 2. The van der Waals surface area contributed by atoms with E-state index < -0.39 is 12.0 Å². The summed E-state index contributed by atoms with van der Waals surface area (Å²) in [6.07, 6.45) is 0.104. The Balaban J connectivity index is 0.000000472. The zero-order valence-corrected chi connectivity index (χ0v) is 13.4. The van der Waals surface area contributed by atoms with Gasteiger partial charge in [0.25, 0.3) is 0 Å². The van der Waals surface area contributed by atoms with E-state index in [9.17, 15) is 14.0 Å². The second-order valence-corrected chi connectivity index (χ2v) is 5.86. The van der Waals surface area contributed by atoms with Crippen molar-refractivity contribution in [3.05, 3.63) is 35.6 Å². The molecule has 5 nitrogen and oxygen atoms in total. The molecule has 1 unspecified atom stereocenters. The molecule has 0 aliphatic carbocycles. The molecule has 0 aliphatic heterocycles. The SMILES string of the molecule is CC(=O)OC(C)(C)C.NC(CC(=O)O)Cc1ccccc1F. The van der Waals surface area contributed by atoms with E-state index in [-0.39, 0.29) is 30.2 Å². The molecule has 0 aliphatic rings. The van der Waals surface area contributed by atoms with E-state index in [4.69, 9.17) is 15.6 Å². The van der Waals surface area contributed by atoms with Crippen LogP contribution in [0.1, 0.15) is 39.7 Å². The predicted molar refractivity (Wildman–Crippen MR) is 81.9 cm³/mol. The van der Waals surface area contributed by atoms with E-state index in [0.717, 1.165) is 0 Å². The average Bonchev–Trinajstić information content (AvgIpc) is 2.28. The molecule has 0 heterocycles. The predicted octanol–water partition coefficient (Wildman–Crippen LogP) is 2.52. The van der Waals surface area contributed by atoms with Gasteiger partial charge in [0.05, 0.1) is 6.42 Å². The number of ether oxygens (including phenoxy) is 1. The van der Waals surface area contributed by atoms with Gasteiger partial charge in [0, 0.05) is 13.0 Å². The van der Waals surface area contributed by atoms with E-state index in [1.54, 1.807) is 18.2 Å². The van der Waals surface area contributed by atoms with Crippen LogP contribution >= 0.6 is 0 Å². The maximum atomic E-state index is 13.1. The zero-order valence-electron chi connectivity index (χ0n) is 13.4. The van der Waals surface area contributed by atoms with E-state index in [1.165, 1.54) is 13.0 Å². The van der Waals surface area contributed by atoms with Crippen molar-refractivity contribution in [3.63, 3.8) is 0 Å². The molecule has 0 amide bonds. The van der Waals surface area contributed by atoms with Gasteiger partial charge in [-0.05, 0) is 38.8 Å². The fourth-order valence-corrected chi connectivity index (χ4v) is 1.67. The lowest BCUT2D eigenvalue weighted by atomic mass is 10.0. The molecular formula is C16H24FNO4. The van der Waals surface area contributed by atoms with Crippen molar-refractivity contribution < 1.29 is 23.8 Å². The topological polar surface area (TPSA) is 89.6 Å². The zero-order chi connectivity index (χ0) is 17.3. The highest BCUT2D eigenvalue weighted by atomic mass is 19.1. The minimum Gasteiger partial charge on any atom is -0.481 e. The Morgan fingerprint density at radius 1 is 1.32 bits per heavy atom. The summed E-state index contributed by atoms with van der Waals surface area (Å²) in [6, 6.07) is 5.69. The molecule has 22 heavy (non-hydrogen) atoms. The number of carbonyl (C=O) groups excluding carboxylic acids is 1. The lowest BCUT2D eigenvalue weighted by Crippen LogP contribution is -2.26. The van der Waals surface area contributed by atoms with Gasteiger partial charge in [-0.2, -0.15) is 0 Å². The van der Waals surface area contributed by atoms with Gasteiger partial charge in [0.2, 0.25) is 0 Å². The van der Waals surface area contributed by atoms with Gasteiger partial charge < -0.3 is 15.6 Å². The molecule has 0 saturated carbocycles. The largest absolute Gasteiger partial charge is 0.481 e. The molecule has 0 aromatic heterocycles. The Morgan fingerprint density at radius 2 is 1.86 bits per heavy atom. The van der Waals surface area contributed by atoms with Crippen molar-refractivity contribution >= 4 is 11.9 Å². The van der Waals surface area contributed by atoms with Crippen molar-refractivity contribution in [2.24, 2.45) is 5.73 Å². The van der Waals surface area contributed by atoms with Crippen molar-refractivity contribution in [2.45, 2.75) is 52.2 Å². The van der Waals surface area contributed by atoms with Crippen LogP contribution in [0.25, 0.3) is 0 Å². The lowest BCUT2D eigenvalue weighted by Gasteiger charge is -2.17. The molecule has 0 saturated heterocycles. The summed E-state index contributed by atoms with van der Waals surface area (Å²) in [5.74, 6) is -1.53. The molecule has 1 atom stereocenters. The van der Waals surface area contributed by atoms with E-state index in [2.05, 4.69) is 0 Å². The summed E-state index contributed by atoms with van der Waals surface area (Å²) in [5, 5.41) is 8.46. The number of rotatable bonds is 4. The summed E-state index contributed by atoms with van der Waals surface area (Å²) in [6.45, 7) is 6.93. The lowest BCUT2D eigenvalue weighted by molar-refractivity contribution is -0.151. The first-order valence-corrected chi connectivity index (χ1v) is 6.91. The van der Waals surface area contributed by atoms with E-state index in [0.29, 0.717) is 5.56 Å². The summed E-state index contributed by atoms with van der Waals surface area (Å²) in [7, 11) is 0. The minimum atomic E-state index is -0.964. The number of carbonyl (C=O) groups is 2. The maximum absolute atomic E-state index is 13.1. The van der Waals surface area contributed by atoms with Gasteiger partial charge in [-0.15, -0.1) is 0 Å². The van der Waals surface area contributed by atoms with Crippen LogP contribution in [-0.2, 0) is 20.7 Å². The molecular weight excluding hydrogens is 289 g/mol. The van der Waals surface area contributed by atoms with Crippen molar-refractivity contribution in [1.29, 1.82) is 0 Å². The smallest absolute Gasteiger partial charge is 0.304 e. The Bertz CT molecular complexity index is 497. The highest BCUT2D eigenvalue weighted by Gasteiger charge is 2.12. The number of halogens is 1. The number of benzene rings is 1. The summed E-state index contributed by atoms with van der Waals surface area (Å²) >= 11 is 0. The first-order chi connectivity index (χ1) is 10.0. The molecule has 0 spiro atoms.